The second kappa shape index (κ2) is 6.73. The molecule has 0 spiro atoms. The Bertz CT molecular complexity index is 1140. The molecule has 4 aromatic rings. The summed E-state index contributed by atoms with van der Waals surface area (Å²) in [6.07, 6.45) is 1.30. The van der Waals surface area contributed by atoms with Gasteiger partial charge in [-0.3, -0.25) is 0 Å². The van der Waals surface area contributed by atoms with Gasteiger partial charge in [0, 0.05) is 11.6 Å². The van der Waals surface area contributed by atoms with E-state index in [9.17, 15) is 4.79 Å². The maximum absolute atomic E-state index is 12.8. The summed E-state index contributed by atoms with van der Waals surface area (Å²) in [5, 5.41) is 4.05. The van der Waals surface area contributed by atoms with E-state index < -0.39 is 5.97 Å². The lowest BCUT2D eigenvalue weighted by molar-refractivity contribution is -0.127. The molecule has 26 heavy (non-hydrogen) atoms. The number of ether oxygens (including phenoxy) is 1. The summed E-state index contributed by atoms with van der Waals surface area (Å²) < 4.78 is 5.66. The van der Waals surface area contributed by atoms with Gasteiger partial charge < -0.3 is 10.5 Å². The number of esters is 1. The first-order chi connectivity index (χ1) is 12.8. The van der Waals surface area contributed by atoms with Crippen molar-refractivity contribution in [3.8, 4) is 5.75 Å². The van der Waals surface area contributed by atoms with Crippen LogP contribution in [0.25, 0.3) is 27.1 Å². The third kappa shape index (κ3) is 2.91. The summed E-state index contributed by atoms with van der Waals surface area (Å²) in [4.78, 5) is 12.8. The summed E-state index contributed by atoms with van der Waals surface area (Å²) in [6, 6.07) is 27.2. The molecule has 2 N–H and O–H groups in total. The first-order valence-corrected chi connectivity index (χ1v) is 8.37. The number of nitrogens with two attached hydrogens (primary N) is 1. The molecule has 0 unspecified atom stereocenters. The molecule has 0 saturated heterocycles. The van der Waals surface area contributed by atoms with Gasteiger partial charge in [-0.25, -0.2) is 4.79 Å². The molecular weight excluding hydrogens is 322 g/mol. The molecule has 0 bridgehead atoms. The largest absolute Gasteiger partial charge is 0.422 e. The first kappa shape index (κ1) is 15.9. The van der Waals surface area contributed by atoms with E-state index in [0.29, 0.717) is 11.3 Å². The van der Waals surface area contributed by atoms with Crippen LogP contribution in [0, 0.1) is 0 Å². The zero-order chi connectivity index (χ0) is 17.9. The van der Waals surface area contributed by atoms with Gasteiger partial charge in [-0.15, -0.1) is 0 Å². The topological polar surface area (TPSA) is 52.3 Å². The van der Waals surface area contributed by atoms with Crippen molar-refractivity contribution in [2.24, 2.45) is 5.73 Å². The number of benzene rings is 4. The minimum Gasteiger partial charge on any atom is -0.422 e. The molecule has 0 atom stereocenters. The lowest BCUT2D eigenvalue weighted by atomic mass is 10.0. The predicted molar refractivity (Wildman–Crippen MR) is 106 cm³/mol. The van der Waals surface area contributed by atoms with Crippen LogP contribution in [0.4, 0.5) is 0 Å². The Balaban J connectivity index is 1.69. The predicted octanol–water partition coefficient (Wildman–Crippen LogP) is 4.90. The van der Waals surface area contributed by atoms with Gasteiger partial charge >= 0.3 is 5.97 Å². The third-order valence-electron chi connectivity index (χ3n) is 4.40. The van der Waals surface area contributed by atoms with Gasteiger partial charge in [-0.2, -0.15) is 0 Å². The lowest BCUT2D eigenvalue weighted by Crippen LogP contribution is -2.12. The zero-order valence-electron chi connectivity index (χ0n) is 14.1. The molecular formula is C23H17NO2. The Morgan fingerprint density at radius 2 is 1.46 bits per heavy atom. The number of carbonyl (C=O) groups excluding carboxylic acids is 1. The highest BCUT2D eigenvalue weighted by Gasteiger charge is 2.16. The van der Waals surface area contributed by atoms with E-state index in [1.54, 1.807) is 6.07 Å². The molecule has 0 heterocycles. The quantitative estimate of drug-likeness (QED) is 0.328. The molecule has 3 nitrogen and oxygen atoms in total. The Kier molecular flexibility index (Phi) is 4.12. The van der Waals surface area contributed by atoms with E-state index in [1.165, 1.54) is 6.20 Å². The van der Waals surface area contributed by atoms with Crippen LogP contribution in [0.1, 0.15) is 5.56 Å². The summed E-state index contributed by atoms with van der Waals surface area (Å²) >= 11 is 0. The standard InChI is InChI=1S/C23H17NO2/c24-15-21(19-13-12-16-6-1-2-8-18(16)14-19)23(25)26-22-11-5-9-17-7-3-4-10-20(17)22/h1-15H,24H2/b21-15-. The number of hydrogen-bond donors (Lipinski definition) is 1. The highest BCUT2D eigenvalue weighted by molar-refractivity contribution is 6.18. The average Bonchev–Trinajstić information content (AvgIpc) is 2.69. The van der Waals surface area contributed by atoms with Gasteiger partial charge in [-0.05, 0) is 33.9 Å². The highest BCUT2D eigenvalue weighted by Crippen LogP contribution is 2.28. The van der Waals surface area contributed by atoms with Crippen LogP contribution in [-0.4, -0.2) is 5.97 Å². The summed E-state index contributed by atoms with van der Waals surface area (Å²) in [5.74, 6) is 0.0485. The molecule has 4 aromatic carbocycles. The molecule has 0 saturated carbocycles. The average molecular weight is 339 g/mol. The van der Waals surface area contributed by atoms with Crippen molar-refractivity contribution in [1.29, 1.82) is 0 Å². The van der Waals surface area contributed by atoms with Crippen molar-refractivity contribution in [2.45, 2.75) is 0 Å². The summed E-state index contributed by atoms with van der Waals surface area (Å²) in [5.41, 5.74) is 6.82. The second-order valence-corrected chi connectivity index (χ2v) is 6.01. The number of hydrogen-bond acceptors (Lipinski definition) is 3. The molecule has 0 fully saturated rings. The van der Waals surface area contributed by atoms with Crippen LogP contribution in [0.15, 0.2) is 91.1 Å². The van der Waals surface area contributed by atoms with E-state index in [1.807, 2.05) is 78.9 Å². The highest BCUT2D eigenvalue weighted by atomic mass is 16.5. The first-order valence-electron chi connectivity index (χ1n) is 8.37. The van der Waals surface area contributed by atoms with Gasteiger partial charge in [0.25, 0.3) is 0 Å². The Hall–Kier alpha value is -3.59. The monoisotopic (exact) mass is 339 g/mol. The second-order valence-electron chi connectivity index (χ2n) is 6.01. The fraction of sp³-hybridized carbons (Fsp3) is 0. The van der Waals surface area contributed by atoms with E-state index in [4.69, 9.17) is 10.5 Å². The molecule has 0 aliphatic rings. The van der Waals surface area contributed by atoms with Gasteiger partial charge in [0.15, 0.2) is 0 Å². The van der Waals surface area contributed by atoms with Crippen molar-refractivity contribution in [3.63, 3.8) is 0 Å². The van der Waals surface area contributed by atoms with E-state index in [-0.39, 0.29) is 0 Å². The van der Waals surface area contributed by atoms with Crippen LogP contribution < -0.4 is 10.5 Å². The zero-order valence-corrected chi connectivity index (χ0v) is 14.1. The maximum Gasteiger partial charge on any atom is 0.345 e. The van der Waals surface area contributed by atoms with Crippen molar-refractivity contribution in [2.75, 3.05) is 0 Å². The third-order valence-corrected chi connectivity index (χ3v) is 4.40. The van der Waals surface area contributed by atoms with Crippen LogP contribution in [0.3, 0.4) is 0 Å². The van der Waals surface area contributed by atoms with Crippen molar-refractivity contribution in [3.05, 3.63) is 96.7 Å². The fourth-order valence-electron chi connectivity index (χ4n) is 3.08. The van der Waals surface area contributed by atoms with E-state index in [0.717, 1.165) is 27.1 Å². The molecule has 0 aromatic heterocycles. The Labute approximate surface area is 151 Å². The van der Waals surface area contributed by atoms with Crippen LogP contribution in [-0.2, 0) is 4.79 Å². The normalized spacial score (nSPS) is 11.6. The molecule has 0 radical (unpaired) electrons. The number of carbonyl (C=O) groups is 1. The lowest BCUT2D eigenvalue weighted by Gasteiger charge is -2.11. The summed E-state index contributed by atoms with van der Waals surface area (Å²) in [6.45, 7) is 0. The van der Waals surface area contributed by atoms with Crippen molar-refractivity contribution >= 4 is 33.1 Å². The SMILES string of the molecule is N/C=C(\C(=O)Oc1cccc2ccccc12)c1ccc2ccccc2c1. The van der Waals surface area contributed by atoms with Crippen LogP contribution in [0.5, 0.6) is 5.75 Å². The molecule has 126 valence electrons. The smallest absolute Gasteiger partial charge is 0.345 e. The van der Waals surface area contributed by atoms with E-state index >= 15 is 0 Å². The van der Waals surface area contributed by atoms with Crippen LogP contribution >= 0.6 is 0 Å². The minimum absolute atomic E-state index is 0.337. The number of fused-ring (bicyclic) bond motifs is 2. The fourth-order valence-corrected chi connectivity index (χ4v) is 3.08. The van der Waals surface area contributed by atoms with Crippen molar-refractivity contribution in [1.82, 2.24) is 0 Å². The van der Waals surface area contributed by atoms with Gasteiger partial charge in [0.2, 0.25) is 0 Å². The Morgan fingerprint density at radius 1 is 0.769 bits per heavy atom. The molecule has 3 heteroatoms. The molecule has 0 aliphatic heterocycles. The van der Waals surface area contributed by atoms with Crippen molar-refractivity contribution < 1.29 is 9.53 Å². The minimum atomic E-state index is -0.473. The van der Waals surface area contributed by atoms with Gasteiger partial charge in [0.1, 0.15) is 5.75 Å². The molecule has 0 aliphatic carbocycles. The van der Waals surface area contributed by atoms with E-state index in [2.05, 4.69) is 0 Å². The summed E-state index contributed by atoms with van der Waals surface area (Å²) in [7, 11) is 0. The van der Waals surface area contributed by atoms with Gasteiger partial charge in [-0.1, -0.05) is 72.8 Å². The molecule has 0 amide bonds. The molecule has 4 rings (SSSR count). The maximum atomic E-state index is 12.8. The van der Waals surface area contributed by atoms with Crippen LogP contribution in [0.2, 0.25) is 0 Å². The van der Waals surface area contributed by atoms with Gasteiger partial charge in [0.05, 0.1) is 5.57 Å². The Morgan fingerprint density at radius 3 is 2.27 bits per heavy atom. The number of rotatable bonds is 3.